The molecule has 1 heterocycles. The van der Waals surface area contributed by atoms with Gasteiger partial charge in [0.1, 0.15) is 5.78 Å². The van der Waals surface area contributed by atoms with Crippen LogP contribution >= 0.6 is 11.6 Å². The zero-order chi connectivity index (χ0) is 11.3. The zero-order valence-corrected chi connectivity index (χ0v) is 9.92. The van der Waals surface area contributed by atoms with Crippen LogP contribution in [0.2, 0.25) is 0 Å². The average Bonchev–Trinajstić information content (AvgIpc) is 2.28. The van der Waals surface area contributed by atoms with E-state index in [1.807, 2.05) is 11.8 Å². The number of carbonyl (C=O) groups excluding carboxylic acids is 2. The van der Waals surface area contributed by atoms with Crippen LogP contribution in [0, 0.1) is 5.92 Å². The molecule has 15 heavy (non-hydrogen) atoms. The molecular formula is C11H18ClNO2. The normalized spacial score (nSPS) is 17.9. The van der Waals surface area contributed by atoms with Gasteiger partial charge in [-0.3, -0.25) is 9.59 Å². The van der Waals surface area contributed by atoms with Gasteiger partial charge in [-0.25, -0.2) is 0 Å². The van der Waals surface area contributed by atoms with Crippen LogP contribution < -0.4 is 0 Å². The van der Waals surface area contributed by atoms with Crippen molar-refractivity contribution in [3.8, 4) is 0 Å². The molecule has 1 amide bonds. The summed E-state index contributed by atoms with van der Waals surface area (Å²) < 4.78 is 0. The number of halogens is 1. The van der Waals surface area contributed by atoms with E-state index in [9.17, 15) is 9.59 Å². The van der Waals surface area contributed by atoms with Crippen molar-refractivity contribution in [2.24, 2.45) is 5.92 Å². The predicted octanol–water partition coefficient (Wildman–Crippen LogP) is 1.83. The summed E-state index contributed by atoms with van der Waals surface area (Å²) in [6.45, 7) is 3.33. The average molecular weight is 232 g/mol. The van der Waals surface area contributed by atoms with E-state index >= 15 is 0 Å². The zero-order valence-electron chi connectivity index (χ0n) is 9.17. The largest absolute Gasteiger partial charge is 0.343 e. The van der Waals surface area contributed by atoms with Gasteiger partial charge >= 0.3 is 0 Å². The van der Waals surface area contributed by atoms with Gasteiger partial charge < -0.3 is 4.90 Å². The summed E-state index contributed by atoms with van der Waals surface area (Å²) >= 11 is 5.52. The number of hydrogen-bond donors (Lipinski definition) is 0. The third kappa shape index (κ3) is 3.49. The van der Waals surface area contributed by atoms with Gasteiger partial charge in [0, 0.05) is 37.7 Å². The molecule has 0 aromatic carbocycles. The molecule has 0 atom stereocenters. The van der Waals surface area contributed by atoms with E-state index in [0.29, 0.717) is 37.6 Å². The molecule has 0 aliphatic carbocycles. The number of likely N-dealkylation sites (tertiary alicyclic amines) is 1. The van der Waals surface area contributed by atoms with Gasteiger partial charge in [0.25, 0.3) is 0 Å². The maximum atomic E-state index is 11.5. The highest BCUT2D eigenvalue weighted by Crippen LogP contribution is 2.19. The smallest absolute Gasteiger partial charge is 0.223 e. The first-order chi connectivity index (χ1) is 7.19. The Morgan fingerprint density at radius 2 is 1.93 bits per heavy atom. The first kappa shape index (κ1) is 12.5. The number of alkyl halides is 1. The van der Waals surface area contributed by atoms with Crippen molar-refractivity contribution in [3.63, 3.8) is 0 Å². The molecule has 0 aromatic heterocycles. The summed E-state index contributed by atoms with van der Waals surface area (Å²) in [5, 5.41) is 0. The van der Waals surface area contributed by atoms with E-state index in [0.717, 1.165) is 12.8 Å². The molecule has 4 heteroatoms. The molecule has 0 bridgehead atoms. The third-order valence-electron chi connectivity index (χ3n) is 2.96. The van der Waals surface area contributed by atoms with E-state index in [-0.39, 0.29) is 11.8 Å². The Labute approximate surface area is 95.8 Å². The Morgan fingerprint density at radius 3 is 2.40 bits per heavy atom. The highest BCUT2D eigenvalue weighted by Gasteiger charge is 2.25. The molecule has 0 saturated carbocycles. The number of nitrogens with zero attached hydrogens (tertiary/aromatic N) is 1. The van der Waals surface area contributed by atoms with Crippen LogP contribution in [-0.4, -0.2) is 35.6 Å². The van der Waals surface area contributed by atoms with Crippen LogP contribution in [0.4, 0.5) is 0 Å². The summed E-state index contributed by atoms with van der Waals surface area (Å²) in [7, 11) is 0. The summed E-state index contributed by atoms with van der Waals surface area (Å²) in [5.41, 5.74) is 0. The molecule has 0 unspecified atom stereocenters. The number of hydrogen-bond acceptors (Lipinski definition) is 2. The second kappa shape index (κ2) is 6.11. The van der Waals surface area contributed by atoms with Crippen LogP contribution in [0.1, 0.15) is 32.6 Å². The van der Waals surface area contributed by atoms with Crippen molar-refractivity contribution in [1.29, 1.82) is 0 Å². The lowest BCUT2D eigenvalue weighted by atomic mass is 9.91. The minimum absolute atomic E-state index is 0.118. The fourth-order valence-corrected chi connectivity index (χ4v) is 2.14. The van der Waals surface area contributed by atoms with E-state index in [4.69, 9.17) is 11.6 Å². The molecule has 1 fully saturated rings. The molecular weight excluding hydrogens is 214 g/mol. The van der Waals surface area contributed by atoms with Gasteiger partial charge in [-0.1, -0.05) is 6.92 Å². The van der Waals surface area contributed by atoms with Gasteiger partial charge in [-0.05, 0) is 12.8 Å². The van der Waals surface area contributed by atoms with Gasteiger partial charge in [0.05, 0.1) is 0 Å². The first-order valence-electron chi connectivity index (χ1n) is 5.55. The lowest BCUT2D eigenvalue weighted by Gasteiger charge is -2.31. The molecule has 0 spiro atoms. The van der Waals surface area contributed by atoms with E-state index in [1.54, 1.807) is 0 Å². The van der Waals surface area contributed by atoms with Crippen LogP contribution in [0.3, 0.4) is 0 Å². The van der Waals surface area contributed by atoms with Crippen molar-refractivity contribution in [3.05, 3.63) is 0 Å². The molecule has 1 aliphatic heterocycles. The maximum Gasteiger partial charge on any atom is 0.223 e. The lowest BCUT2D eigenvalue weighted by Crippen LogP contribution is -2.40. The molecule has 3 nitrogen and oxygen atoms in total. The fourth-order valence-electron chi connectivity index (χ4n) is 1.98. The van der Waals surface area contributed by atoms with E-state index in [2.05, 4.69) is 0 Å². The summed E-state index contributed by atoms with van der Waals surface area (Å²) in [6.07, 6.45) is 2.66. The second-order valence-corrected chi connectivity index (χ2v) is 4.29. The van der Waals surface area contributed by atoms with Crippen molar-refractivity contribution >= 4 is 23.3 Å². The Morgan fingerprint density at radius 1 is 1.33 bits per heavy atom. The van der Waals surface area contributed by atoms with E-state index < -0.39 is 0 Å². The number of Topliss-reactive ketones (excluding diaryl/α,β-unsaturated/α-hetero) is 1. The SMILES string of the molecule is CCC(=O)C1CCN(C(=O)CCCl)CC1. The van der Waals surface area contributed by atoms with Gasteiger partial charge in [0.2, 0.25) is 5.91 Å². The molecule has 1 saturated heterocycles. The number of piperidine rings is 1. The molecule has 0 radical (unpaired) electrons. The quantitative estimate of drug-likeness (QED) is 0.693. The number of amides is 1. The lowest BCUT2D eigenvalue weighted by molar-refractivity contribution is -0.134. The highest BCUT2D eigenvalue weighted by atomic mass is 35.5. The van der Waals surface area contributed by atoms with Crippen LogP contribution in [0.5, 0.6) is 0 Å². The molecule has 1 rings (SSSR count). The molecule has 0 aromatic rings. The second-order valence-electron chi connectivity index (χ2n) is 3.91. The Kier molecular flexibility index (Phi) is 5.09. The van der Waals surface area contributed by atoms with Gasteiger partial charge in [0.15, 0.2) is 0 Å². The van der Waals surface area contributed by atoms with E-state index in [1.165, 1.54) is 0 Å². The van der Waals surface area contributed by atoms with Gasteiger partial charge in [-0.15, -0.1) is 11.6 Å². The molecule has 0 N–H and O–H groups in total. The maximum absolute atomic E-state index is 11.5. The topological polar surface area (TPSA) is 37.4 Å². The van der Waals surface area contributed by atoms with Crippen molar-refractivity contribution in [2.45, 2.75) is 32.6 Å². The minimum atomic E-state index is 0.118. The monoisotopic (exact) mass is 231 g/mol. The summed E-state index contributed by atoms with van der Waals surface area (Å²) in [6, 6.07) is 0. The predicted molar refractivity (Wildman–Crippen MR) is 59.9 cm³/mol. The third-order valence-corrected chi connectivity index (χ3v) is 3.15. The molecule has 1 aliphatic rings. The summed E-state index contributed by atoms with van der Waals surface area (Å²) in [4.78, 5) is 24.8. The number of rotatable bonds is 4. The van der Waals surface area contributed by atoms with Gasteiger partial charge in [-0.2, -0.15) is 0 Å². The Balaban J connectivity index is 2.35. The van der Waals surface area contributed by atoms with Crippen molar-refractivity contribution < 1.29 is 9.59 Å². The molecule has 86 valence electrons. The Bertz CT molecular complexity index is 235. The highest BCUT2D eigenvalue weighted by molar-refractivity contribution is 6.18. The minimum Gasteiger partial charge on any atom is -0.343 e. The standard InChI is InChI=1S/C11H18ClNO2/c1-2-10(14)9-4-7-13(8-5-9)11(15)3-6-12/h9H,2-8H2,1H3. The Hall–Kier alpha value is -0.570. The van der Waals surface area contributed by atoms with Crippen LogP contribution in [0.15, 0.2) is 0 Å². The van der Waals surface area contributed by atoms with Crippen LogP contribution in [-0.2, 0) is 9.59 Å². The van der Waals surface area contributed by atoms with Crippen LogP contribution in [0.25, 0.3) is 0 Å². The fraction of sp³-hybridized carbons (Fsp3) is 0.818. The van der Waals surface area contributed by atoms with Crippen molar-refractivity contribution in [2.75, 3.05) is 19.0 Å². The number of ketones is 1. The number of carbonyl (C=O) groups is 2. The van der Waals surface area contributed by atoms with Crippen molar-refractivity contribution in [1.82, 2.24) is 4.90 Å². The first-order valence-corrected chi connectivity index (χ1v) is 6.09. The summed E-state index contributed by atoms with van der Waals surface area (Å²) in [5.74, 6) is 1.01.